The lowest BCUT2D eigenvalue weighted by atomic mass is 9.98. The maximum atomic E-state index is 12.6. The molecule has 0 saturated carbocycles. The summed E-state index contributed by atoms with van der Waals surface area (Å²) < 4.78 is 5.38. The third-order valence-electron chi connectivity index (χ3n) is 3.30. The standard InChI is InChI=1S/C17H14O2S/c1-19-16-9-8-12-5-2-3-7-14(12)17(16)15(18)11-13-6-4-10-20-13/h2-10H,11H2,1H3. The Morgan fingerprint density at radius 2 is 1.95 bits per heavy atom. The van der Waals surface area contributed by atoms with Crippen LogP contribution in [-0.2, 0) is 6.42 Å². The van der Waals surface area contributed by atoms with Crippen molar-refractivity contribution in [3.63, 3.8) is 0 Å². The first-order chi connectivity index (χ1) is 9.79. The fourth-order valence-corrected chi connectivity index (χ4v) is 3.07. The second-order valence-electron chi connectivity index (χ2n) is 4.54. The molecule has 100 valence electrons. The summed E-state index contributed by atoms with van der Waals surface area (Å²) >= 11 is 1.60. The van der Waals surface area contributed by atoms with Gasteiger partial charge in [0.1, 0.15) is 5.75 Å². The summed E-state index contributed by atoms with van der Waals surface area (Å²) in [5.41, 5.74) is 0.680. The number of Topliss-reactive ketones (excluding diaryl/α,β-unsaturated/α-hetero) is 1. The Morgan fingerprint density at radius 3 is 2.70 bits per heavy atom. The fourth-order valence-electron chi connectivity index (χ4n) is 2.37. The molecular formula is C17H14O2S. The summed E-state index contributed by atoms with van der Waals surface area (Å²) in [6.07, 6.45) is 0.419. The van der Waals surface area contributed by atoms with E-state index in [1.807, 2.05) is 53.9 Å². The van der Waals surface area contributed by atoms with Gasteiger partial charge < -0.3 is 4.74 Å². The van der Waals surface area contributed by atoms with Crippen LogP contribution in [0.4, 0.5) is 0 Å². The molecule has 0 bridgehead atoms. The van der Waals surface area contributed by atoms with Crippen LogP contribution in [0.25, 0.3) is 10.8 Å². The Kier molecular flexibility index (Phi) is 3.52. The van der Waals surface area contributed by atoms with E-state index in [0.29, 0.717) is 17.7 Å². The number of benzene rings is 2. The minimum atomic E-state index is 0.0982. The van der Waals surface area contributed by atoms with E-state index in [1.54, 1.807) is 18.4 Å². The van der Waals surface area contributed by atoms with Crippen LogP contribution in [0.5, 0.6) is 5.75 Å². The number of fused-ring (bicyclic) bond motifs is 1. The highest BCUT2D eigenvalue weighted by atomic mass is 32.1. The zero-order chi connectivity index (χ0) is 13.9. The third-order valence-corrected chi connectivity index (χ3v) is 4.18. The van der Waals surface area contributed by atoms with Crippen molar-refractivity contribution in [2.24, 2.45) is 0 Å². The van der Waals surface area contributed by atoms with Gasteiger partial charge in [-0.1, -0.05) is 36.4 Å². The predicted octanol–water partition coefficient (Wildman–Crippen LogP) is 4.34. The summed E-state index contributed by atoms with van der Waals surface area (Å²) in [6, 6.07) is 15.7. The molecule has 0 unspecified atom stereocenters. The molecule has 0 atom stereocenters. The van der Waals surface area contributed by atoms with Gasteiger partial charge in [0.15, 0.2) is 5.78 Å². The molecule has 0 spiro atoms. The van der Waals surface area contributed by atoms with Gasteiger partial charge >= 0.3 is 0 Å². The molecule has 0 amide bonds. The van der Waals surface area contributed by atoms with Crippen LogP contribution in [-0.4, -0.2) is 12.9 Å². The molecule has 0 fully saturated rings. The Bertz CT molecular complexity index is 745. The second-order valence-corrected chi connectivity index (χ2v) is 5.58. The first-order valence-electron chi connectivity index (χ1n) is 6.41. The van der Waals surface area contributed by atoms with Crippen molar-refractivity contribution in [2.45, 2.75) is 6.42 Å². The van der Waals surface area contributed by atoms with E-state index in [9.17, 15) is 4.79 Å². The molecule has 0 radical (unpaired) electrons. The van der Waals surface area contributed by atoms with Gasteiger partial charge in [-0.15, -0.1) is 11.3 Å². The van der Waals surface area contributed by atoms with Crippen molar-refractivity contribution in [1.82, 2.24) is 0 Å². The molecule has 3 aromatic rings. The zero-order valence-electron chi connectivity index (χ0n) is 11.1. The van der Waals surface area contributed by atoms with E-state index in [2.05, 4.69) is 0 Å². The van der Waals surface area contributed by atoms with Crippen LogP contribution in [0.2, 0.25) is 0 Å². The molecule has 3 rings (SSSR count). The van der Waals surface area contributed by atoms with Crippen LogP contribution in [0.3, 0.4) is 0 Å². The Hall–Kier alpha value is -2.13. The largest absolute Gasteiger partial charge is 0.496 e. The van der Waals surface area contributed by atoms with E-state index >= 15 is 0 Å². The van der Waals surface area contributed by atoms with Gasteiger partial charge in [0.05, 0.1) is 12.7 Å². The van der Waals surface area contributed by atoms with Gasteiger partial charge in [0.2, 0.25) is 0 Å². The number of ether oxygens (including phenoxy) is 1. The van der Waals surface area contributed by atoms with E-state index in [1.165, 1.54) is 0 Å². The number of carbonyl (C=O) groups excluding carboxylic acids is 1. The lowest BCUT2D eigenvalue weighted by molar-refractivity contribution is 0.0992. The molecule has 0 aliphatic rings. The summed E-state index contributed by atoms with van der Waals surface area (Å²) in [5, 5.41) is 4.00. The smallest absolute Gasteiger partial charge is 0.172 e. The molecule has 2 aromatic carbocycles. The van der Waals surface area contributed by atoms with Crippen molar-refractivity contribution in [1.29, 1.82) is 0 Å². The summed E-state index contributed by atoms with van der Waals surface area (Å²) in [5.74, 6) is 0.742. The molecule has 0 saturated heterocycles. The lowest BCUT2D eigenvalue weighted by Crippen LogP contribution is -2.05. The normalized spacial score (nSPS) is 10.7. The molecule has 1 aromatic heterocycles. The Morgan fingerprint density at radius 1 is 1.10 bits per heavy atom. The van der Waals surface area contributed by atoms with Gasteiger partial charge in [0, 0.05) is 11.3 Å². The minimum absolute atomic E-state index is 0.0982. The quantitative estimate of drug-likeness (QED) is 0.666. The van der Waals surface area contributed by atoms with E-state index in [-0.39, 0.29) is 5.78 Å². The number of rotatable bonds is 4. The average molecular weight is 282 g/mol. The predicted molar refractivity (Wildman–Crippen MR) is 82.9 cm³/mol. The van der Waals surface area contributed by atoms with Gasteiger partial charge in [-0.3, -0.25) is 4.79 Å². The Balaban J connectivity index is 2.10. The van der Waals surface area contributed by atoms with Crippen LogP contribution >= 0.6 is 11.3 Å². The number of thiophene rings is 1. The highest BCUT2D eigenvalue weighted by Gasteiger charge is 2.16. The van der Waals surface area contributed by atoms with Gasteiger partial charge in [-0.25, -0.2) is 0 Å². The van der Waals surface area contributed by atoms with E-state index in [0.717, 1.165) is 15.6 Å². The lowest BCUT2D eigenvalue weighted by Gasteiger charge is -2.10. The van der Waals surface area contributed by atoms with Crippen molar-refractivity contribution in [3.05, 3.63) is 64.4 Å². The Labute approximate surface area is 121 Å². The monoisotopic (exact) mass is 282 g/mol. The van der Waals surface area contributed by atoms with Gasteiger partial charge in [-0.05, 0) is 28.3 Å². The number of methoxy groups -OCH3 is 1. The van der Waals surface area contributed by atoms with E-state index in [4.69, 9.17) is 4.74 Å². The topological polar surface area (TPSA) is 26.3 Å². The second kappa shape index (κ2) is 5.47. The first-order valence-corrected chi connectivity index (χ1v) is 7.29. The number of hydrogen-bond acceptors (Lipinski definition) is 3. The number of carbonyl (C=O) groups is 1. The summed E-state index contributed by atoms with van der Waals surface area (Å²) in [6.45, 7) is 0. The molecule has 1 heterocycles. The first kappa shape index (κ1) is 12.9. The molecule has 3 heteroatoms. The zero-order valence-corrected chi connectivity index (χ0v) is 11.9. The number of ketones is 1. The fraction of sp³-hybridized carbons (Fsp3) is 0.118. The maximum absolute atomic E-state index is 12.6. The molecule has 20 heavy (non-hydrogen) atoms. The van der Waals surface area contributed by atoms with Crippen LogP contribution in [0, 0.1) is 0 Å². The van der Waals surface area contributed by atoms with Crippen molar-refractivity contribution in [3.8, 4) is 5.75 Å². The highest BCUT2D eigenvalue weighted by molar-refractivity contribution is 7.10. The third kappa shape index (κ3) is 2.32. The van der Waals surface area contributed by atoms with Crippen molar-refractivity contribution >= 4 is 27.9 Å². The minimum Gasteiger partial charge on any atom is -0.496 e. The van der Waals surface area contributed by atoms with E-state index < -0.39 is 0 Å². The van der Waals surface area contributed by atoms with Crippen molar-refractivity contribution in [2.75, 3.05) is 7.11 Å². The molecule has 0 aliphatic carbocycles. The van der Waals surface area contributed by atoms with Gasteiger partial charge in [0.25, 0.3) is 0 Å². The van der Waals surface area contributed by atoms with Crippen molar-refractivity contribution < 1.29 is 9.53 Å². The molecule has 0 aliphatic heterocycles. The van der Waals surface area contributed by atoms with Crippen LogP contribution < -0.4 is 4.74 Å². The van der Waals surface area contributed by atoms with Crippen LogP contribution in [0.1, 0.15) is 15.2 Å². The highest BCUT2D eigenvalue weighted by Crippen LogP contribution is 2.29. The maximum Gasteiger partial charge on any atom is 0.172 e. The average Bonchev–Trinajstić information content (AvgIpc) is 2.98. The summed E-state index contributed by atoms with van der Waals surface area (Å²) in [4.78, 5) is 13.7. The van der Waals surface area contributed by atoms with Crippen LogP contribution in [0.15, 0.2) is 53.9 Å². The number of hydrogen-bond donors (Lipinski definition) is 0. The van der Waals surface area contributed by atoms with Gasteiger partial charge in [-0.2, -0.15) is 0 Å². The summed E-state index contributed by atoms with van der Waals surface area (Å²) in [7, 11) is 1.60. The SMILES string of the molecule is COc1ccc2ccccc2c1C(=O)Cc1cccs1. The molecule has 0 N–H and O–H groups in total. The molecule has 2 nitrogen and oxygen atoms in total. The molecular weight excluding hydrogens is 268 g/mol.